The molecule has 0 radical (unpaired) electrons. The monoisotopic (exact) mass is 260 g/mol. The third-order valence-electron chi connectivity index (χ3n) is 2.22. The topological polar surface area (TPSA) is 79.5 Å². The molecule has 1 heterocycles. The Labute approximate surface area is 101 Å². The molecule has 1 aromatic heterocycles. The van der Waals surface area contributed by atoms with Crippen LogP contribution in [-0.4, -0.2) is 44.4 Å². The van der Waals surface area contributed by atoms with Crippen molar-refractivity contribution in [1.82, 2.24) is 9.29 Å². The summed E-state index contributed by atoms with van der Waals surface area (Å²) >= 11 is 0. The van der Waals surface area contributed by atoms with Gasteiger partial charge in [-0.1, -0.05) is 0 Å². The maximum atomic E-state index is 11.9. The average molecular weight is 260 g/mol. The number of nitrogens with one attached hydrogen (secondary N) is 1. The van der Waals surface area contributed by atoms with Gasteiger partial charge >= 0.3 is 5.97 Å². The van der Waals surface area contributed by atoms with E-state index < -0.39 is 16.0 Å². The second-order valence-electron chi connectivity index (χ2n) is 3.68. The molecule has 0 bridgehead atoms. The summed E-state index contributed by atoms with van der Waals surface area (Å²) in [7, 11) is -0.668. The molecule has 7 heteroatoms. The van der Waals surface area contributed by atoms with Gasteiger partial charge in [-0.05, 0) is 19.9 Å². The molecule has 0 saturated carbocycles. The van der Waals surface area contributed by atoms with Crippen LogP contribution in [0.15, 0.2) is 11.0 Å². The van der Waals surface area contributed by atoms with Crippen molar-refractivity contribution in [2.24, 2.45) is 0 Å². The lowest BCUT2D eigenvalue weighted by Crippen LogP contribution is -2.22. The van der Waals surface area contributed by atoms with Gasteiger partial charge in [0, 0.05) is 19.8 Å². The largest absolute Gasteiger partial charge is 0.461 e. The second-order valence-corrected chi connectivity index (χ2v) is 5.80. The van der Waals surface area contributed by atoms with E-state index in [4.69, 9.17) is 4.74 Å². The molecule has 1 aromatic rings. The Kier molecular flexibility index (Phi) is 3.94. The van der Waals surface area contributed by atoms with E-state index in [1.165, 1.54) is 20.2 Å². The zero-order valence-electron chi connectivity index (χ0n) is 10.3. The first-order valence-corrected chi connectivity index (χ1v) is 6.54. The number of hydrogen-bond acceptors (Lipinski definition) is 4. The SMILES string of the molecule is CCOC(=O)c1cc(S(=O)(=O)N(C)C)c(C)[nH]1. The Balaban J connectivity index is 3.18. The summed E-state index contributed by atoms with van der Waals surface area (Å²) in [6, 6.07) is 1.29. The maximum Gasteiger partial charge on any atom is 0.354 e. The van der Waals surface area contributed by atoms with Crippen LogP contribution >= 0.6 is 0 Å². The predicted octanol–water partition coefficient (Wildman–Crippen LogP) is 0.750. The number of ether oxygens (including phenoxy) is 1. The first-order chi connectivity index (χ1) is 7.80. The van der Waals surface area contributed by atoms with Crippen LogP contribution in [0.4, 0.5) is 0 Å². The normalized spacial score (nSPS) is 11.8. The van der Waals surface area contributed by atoms with Crippen LogP contribution in [0.1, 0.15) is 23.1 Å². The smallest absolute Gasteiger partial charge is 0.354 e. The number of aromatic amines is 1. The van der Waals surface area contributed by atoms with Crippen LogP contribution in [0.25, 0.3) is 0 Å². The zero-order chi connectivity index (χ0) is 13.2. The molecule has 1 N–H and O–H groups in total. The highest BCUT2D eigenvalue weighted by Gasteiger charge is 2.24. The van der Waals surface area contributed by atoms with Crippen molar-refractivity contribution in [3.05, 3.63) is 17.5 Å². The van der Waals surface area contributed by atoms with Crippen molar-refractivity contribution in [3.8, 4) is 0 Å². The van der Waals surface area contributed by atoms with Crippen LogP contribution in [0, 0.1) is 6.92 Å². The lowest BCUT2D eigenvalue weighted by Gasteiger charge is -2.09. The minimum atomic E-state index is -3.54. The van der Waals surface area contributed by atoms with Gasteiger partial charge < -0.3 is 9.72 Å². The van der Waals surface area contributed by atoms with Gasteiger partial charge in [-0.3, -0.25) is 0 Å². The number of sulfonamides is 1. The first-order valence-electron chi connectivity index (χ1n) is 5.10. The molecule has 0 fully saturated rings. The molecule has 0 aromatic carbocycles. The first kappa shape index (κ1) is 13.7. The summed E-state index contributed by atoms with van der Waals surface area (Å²) in [5.74, 6) is -0.559. The molecule has 0 amide bonds. The molecule has 96 valence electrons. The van der Waals surface area contributed by atoms with Gasteiger partial charge in [0.2, 0.25) is 10.0 Å². The molecule has 0 unspecified atom stereocenters. The number of carbonyl (C=O) groups is 1. The predicted molar refractivity (Wildman–Crippen MR) is 62.4 cm³/mol. The molecule has 1 rings (SSSR count). The quantitative estimate of drug-likeness (QED) is 0.810. The fraction of sp³-hybridized carbons (Fsp3) is 0.500. The van der Waals surface area contributed by atoms with Gasteiger partial charge in [-0.25, -0.2) is 17.5 Å². The van der Waals surface area contributed by atoms with Crippen LogP contribution in [0.2, 0.25) is 0 Å². The van der Waals surface area contributed by atoms with Gasteiger partial charge in [0.1, 0.15) is 10.6 Å². The molecule has 0 spiro atoms. The van der Waals surface area contributed by atoms with Gasteiger partial charge in [0.15, 0.2) is 0 Å². The molecule has 0 aliphatic carbocycles. The van der Waals surface area contributed by atoms with Crippen molar-refractivity contribution < 1.29 is 17.9 Å². The summed E-state index contributed by atoms with van der Waals surface area (Å²) < 4.78 is 29.7. The third kappa shape index (κ3) is 2.67. The van der Waals surface area contributed by atoms with Crippen molar-refractivity contribution in [1.29, 1.82) is 0 Å². The number of aryl methyl sites for hydroxylation is 1. The molecule has 17 heavy (non-hydrogen) atoms. The Morgan fingerprint density at radius 2 is 2.06 bits per heavy atom. The van der Waals surface area contributed by atoms with E-state index in [0.717, 1.165) is 4.31 Å². The standard InChI is InChI=1S/C10H16N2O4S/c1-5-16-10(13)8-6-9(7(2)11-8)17(14,15)12(3)4/h6,11H,5H2,1-4H3. The minimum Gasteiger partial charge on any atom is -0.461 e. The fourth-order valence-corrected chi connectivity index (χ4v) is 2.42. The van der Waals surface area contributed by atoms with Crippen molar-refractivity contribution in [2.75, 3.05) is 20.7 Å². The number of H-pyrrole nitrogens is 1. The van der Waals surface area contributed by atoms with Gasteiger partial charge in [-0.15, -0.1) is 0 Å². The molecule has 6 nitrogen and oxygen atoms in total. The summed E-state index contributed by atoms with van der Waals surface area (Å²) in [5.41, 5.74) is 0.562. The van der Waals surface area contributed by atoms with Crippen LogP contribution < -0.4 is 0 Å². The average Bonchev–Trinajstić information content (AvgIpc) is 2.61. The van der Waals surface area contributed by atoms with Crippen molar-refractivity contribution >= 4 is 16.0 Å². The van der Waals surface area contributed by atoms with E-state index in [2.05, 4.69) is 4.98 Å². The van der Waals surface area contributed by atoms with Crippen LogP contribution in [-0.2, 0) is 14.8 Å². The molecular weight excluding hydrogens is 244 g/mol. The van der Waals surface area contributed by atoms with Gasteiger partial charge in [0.05, 0.1) is 6.61 Å². The van der Waals surface area contributed by atoms with Crippen molar-refractivity contribution in [2.45, 2.75) is 18.7 Å². The minimum absolute atomic E-state index is 0.0885. The highest BCUT2D eigenvalue weighted by molar-refractivity contribution is 7.89. The molecule has 0 saturated heterocycles. The van der Waals surface area contributed by atoms with E-state index in [-0.39, 0.29) is 17.2 Å². The van der Waals surface area contributed by atoms with E-state index in [9.17, 15) is 13.2 Å². The lowest BCUT2D eigenvalue weighted by atomic mass is 10.4. The number of nitrogens with zero attached hydrogens (tertiary/aromatic N) is 1. The Morgan fingerprint density at radius 1 is 1.47 bits per heavy atom. The molecule has 0 atom stereocenters. The highest BCUT2D eigenvalue weighted by Crippen LogP contribution is 2.19. The number of esters is 1. The van der Waals surface area contributed by atoms with Crippen LogP contribution in [0.5, 0.6) is 0 Å². The summed E-state index contributed by atoms with van der Waals surface area (Å²) in [6.07, 6.45) is 0. The fourth-order valence-electron chi connectivity index (χ4n) is 1.32. The van der Waals surface area contributed by atoms with E-state index in [1.54, 1.807) is 13.8 Å². The second kappa shape index (κ2) is 4.89. The summed E-state index contributed by atoms with van der Waals surface area (Å²) in [5, 5.41) is 0. The highest BCUT2D eigenvalue weighted by atomic mass is 32.2. The maximum absolute atomic E-state index is 11.9. The van der Waals surface area contributed by atoms with Gasteiger partial charge in [-0.2, -0.15) is 0 Å². The van der Waals surface area contributed by atoms with Gasteiger partial charge in [0.25, 0.3) is 0 Å². The van der Waals surface area contributed by atoms with E-state index in [0.29, 0.717) is 5.69 Å². The Bertz CT molecular complexity index is 516. The number of aromatic nitrogens is 1. The molecule has 0 aliphatic rings. The Morgan fingerprint density at radius 3 is 2.53 bits per heavy atom. The molecular formula is C10H16N2O4S. The number of rotatable bonds is 4. The third-order valence-corrected chi connectivity index (χ3v) is 4.16. The van der Waals surface area contributed by atoms with Crippen LogP contribution in [0.3, 0.4) is 0 Å². The summed E-state index contributed by atoms with van der Waals surface area (Å²) in [6.45, 7) is 3.52. The summed E-state index contributed by atoms with van der Waals surface area (Å²) in [4.78, 5) is 14.2. The number of carbonyl (C=O) groups excluding carboxylic acids is 1. The van der Waals surface area contributed by atoms with E-state index >= 15 is 0 Å². The van der Waals surface area contributed by atoms with E-state index in [1.807, 2.05) is 0 Å². The Hall–Kier alpha value is -1.34. The zero-order valence-corrected chi connectivity index (χ0v) is 11.1. The lowest BCUT2D eigenvalue weighted by molar-refractivity contribution is 0.0520. The number of hydrogen-bond donors (Lipinski definition) is 1. The van der Waals surface area contributed by atoms with Crippen molar-refractivity contribution in [3.63, 3.8) is 0 Å². The molecule has 0 aliphatic heterocycles.